The first-order chi connectivity index (χ1) is 4.20. The zero-order valence-electron chi connectivity index (χ0n) is 6.28. The molecule has 0 saturated heterocycles. The number of aliphatic hydroxyl groups excluding tert-OH is 2. The van der Waals surface area contributed by atoms with Crippen LogP contribution in [0.3, 0.4) is 0 Å². The van der Waals surface area contributed by atoms with E-state index in [-0.39, 0.29) is 35.0 Å². The molecule has 0 heterocycles. The van der Waals surface area contributed by atoms with Crippen LogP contribution in [0.2, 0.25) is 0 Å². The van der Waals surface area contributed by atoms with Crippen LogP contribution in [0.25, 0.3) is 0 Å². The van der Waals surface area contributed by atoms with Gasteiger partial charge < -0.3 is 25.6 Å². The van der Waals surface area contributed by atoms with Crippen LogP contribution in [0.4, 0.5) is 0 Å². The van der Waals surface area contributed by atoms with Crippen molar-refractivity contribution in [2.24, 2.45) is 0 Å². The molecule has 6 nitrogen and oxygen atoms in total. The molecule has 0 unspecified atom stereocenters. The van der Waals surface area contributed by atoms with Gasteiger partial charge in [-0.25, -0.2) is 0 Å². The Labute approximate surface area is 86.0 Å². The van der Waals surface area contributed by atoms with E-state index in [0.717, 1.165) is 4.90 Å². The maximum Gasteiger partial charge on any atom is 1.00 e. The molecule has 0 aliphatic heterocycles. The average Bonchev–Trinajstić information content (AvgIpc) is 1.82. The minimum atomic E-state index is -1.32. The SMILES string of the molecule is O.O=C([O-])CN(CO)CO.[Na+]. The van der Waals surface area contributed by atoms with Crippen molar-refractivity contribution in [1.82, 2.24) is 4.90 Å². The third-order valence-electron chi connectivity index (χ3n) is 0.753. The average molecular weight is 175 g/mol. The first kappa shape index (κ1) is 17.4. The molecule has 0 atom stereocenters. The van der Waals surface area contributed by atoms with Crippen molar-refractivity contribution in [3.8, 4) is 0 Å². The van der Waals surface area contributed by atoms with Crippen LogP contribution in [0.15, 0.2) is 0 Å². The molecule has 7 heteroatoms. The van der Waals surface area contributed by atoms with Gasteiger partial charge in [0.2, 0.25) is 0 Å². The van der Waals surface area contributed by atoms with Gasteiger partial charge in [-0.3, -0.25) is 4.90 Å². The van der Waals surface area contributed by atoms with Gasteiger partial charge in [-0.1, -0.05) is 0 Å². The minimum absolute atomic E-state index is 0. The largest absolute Gasteiger partial charge is 1.00 e. The summed E-state index contributed by atoms with van der Waals surface area (Å²) in [5, 5.41) is 26.3. The summed E-state index contributed by atoms with van der Waals surface area (Å²) in [7, 11) is 0. The Bertz CT molecular complexity index is 96.5. The van der Waals surface area contributed by atoms with E-state index in [1.807, 2.05) is 0 Å². The van der Waals surface area contributed by atoms with E-state index in [1.165, 1.54) is 0 Å². The van der Waals surface area contributed by atoms with Crippen molar-refractivity contribution in [3.05, 3.63) is 0 Å². The van der Waals surface area contributed by atoms with Gasteiger partial charge in [0.15, 0.2) is 0 Å². The van der Waals surface area contributed by atoms with Crippen LogP contribution >= 0.6 is 0 Å². The van der Waals surface area contributed by atoms with Crippen molar-refractivity contribution >= 4 is 5.97 Å². The number of carbonyl (C=O) groups is 1. The second-order valence-corrected chi connectivity index (χ2v) is 1.48. The van der Waals surface area contributed by atoms with Gasteiger partial charge in [0.1, 0.15) is 0 Å². The fourth-order valence-corrected chi connectivity index (χ4v) is 0.327. The number of rotatable bonds is 4. The molecule has 0 aromatic heterocycles. The van der Waals surface area contributed by atoms with E-state index >= 15 is 0 Å². The molecule has 11 heavy (non-hydrogen) atoms. The topological polar surface area (TPSA) is 115 Å². The van der Waals surface area contributed by atoms with Gasteiger partial charge in [-0.05, 0) is 0 Å². The maximum atomic E-state index is 9.75. The second-order valence-electron chi connectivity index (χ2n) is 1.48. The predicted molar refractivity (Wildman–Crippen MR) is 29.5 cm³/mol. The van der Waals surface area contributed by atoms with Gasteiger partial charge in [0.05, 0.1) is 19.4 Å². The molecule has 0 bridgehead atoms. The monoisotopic (exact) mass is 175 g/mol. The summed E-state index contributed by atoms with van der Waals surface area (Å²) in [6.07, 6.45) is 0. The molecule has 0 aromatic rings. The van der Waals surface area contributed by atoms with E-state index in [4.69, 9.17) is 10.2 Å². The van der Waals surface area contributed by atoms with E-state index in [0.29, 0.717) is 0 Å². The molecule has 4 N–H and O–H groups in total. The number of aliphatic hydroxyl groups is 2. The van der Waals surface area contributed by atoms with Gasteiger partial charge in [-0.2, -0.15) is 0 Å². The number of hydrogen-bond donors (Lipinski definition) is 2. The molecule has 0 spiro atoms. The van der Waals surface area contributed by atoms with Crippen LogP contribution in [0.1, 0.15) is 0 Å². The summed E-state index contributed by atoms with van der Waals surface area (Å²) in [4.78, 5) is 10.7. The molecule has 0 amide bonds. The maximum absolute atomic E-state index is 9.75. The Hall–Kier alpha value is 0.310. The Balaban J connectivity index is -0.000000320. The third-order valence-corrected chi connectivity index (χ3v) is 0.753. The third kappa shape index (κ3) is 10.3. The fraction of sp³-hybridized carbons (Fsp3) is 0.750. The van der Waals surface area contributed by atoms with Crippen molar-refractivity contribution in [2.45, 2.75) is 0 Å². The van der Waals surface area contributed by atoms with Crippen LogP contribution < -0.4 is 34.7 Å². The van der Waals surface area contributed by atoms with E-state index in [9.17, 15) is 9.90 Å². The van der Waals surface area contributed by atoms with Crippen molar-refractivity contribution in [3.63, 3.8) is 0 Å². The quantitative estimate of drug-likeness (QED) is 0.325. The van der Waals surface area contributed by atoms with Gasteiger partial charge in [-0.15, -0.1) is 0 Å². The summed E-state index contributed by atoms with van der Waals surface area (Å²) in [6.45, 7) is -1.41. The summed E-state index contributed by atoms with van der Waals surface area (Å²) in [5.41, 5.74) is 0. The zero-order chi connectivity index (χ0) is 7.28. The first-order valence-corrected chi connectivity index (χ1v) is 2.34. The number of carboxylic acid groups (broad SMARTS) is 1. The number of aliphatic carboxylic acids is 1. The molecule has 0 aliphatic rings. The summed E-state index contributed by atoms with van der Waals surface area (Å²) in [6, 6.07) is 0. The van der Waals surface area contributed by atoms with Crippen LogP contribution in [0, 0.1) is 0 Å². The molecular formula is C4H10NNaO5. The van der Waals surface area contributed by atoms with E-state index in [2.05, 4.69) is 0 Å². The number of carboxylic acids is 1. The van der Waals surface area contributed by atoms with Gasteiger partial charge in [0, 0.05) is 6.54 Å². The van der Waals surface area contributed by atoms with E-state index in [1.54, 1.807) is 0 Å². The van der Waals surface area contributed by atoms with Crippen LogP contribution in [-0.2, 0) is 4.79 Å². The van der Waals surface area contributed by atoms with Crippen LogP contribution in [0.5, 0.6) is 0 Å². The van der Waals surface area contributed by atoms with Gasteiger partial charge in [0.25, 0.3) is 0 Å². The normalized spacial score (nSPS) is 8.27. The summed E-state index contributed by atoms with van der Waals surface area (Å²) < 4.78 is 0. The zero-order valence-corrected chi connectivity index (χ0v) is 8.28. The van der Waals surface area contributed by atoms with Crippen molar-refractivity contribution in [2.75, 3.05) is 20.0 Å². The molecule has 0 saturated carbocycles. The molecule has 62 valence electrons. The number of nitrogens with zero attached hydrogens (tertiary/aromatic N) is 1. The van der Waals surface area contributed by atoms with Crippen LogP contribution in [-0.4, -0.2) is 46.6 Å². The first-order valence-electron chi connectivity index (χ1n) is 2.34. The Morgan fingerprint density at radius 2 is 1.73 bits per heavy atom. The Kier molecular flexibility index (Phi) is 16.3. The van der Waals surface area contributed by atoms with Gasteiger partial charge >= 0.3 is 29.6 Å². The summed E-state index contributed by atoms with van der Waals surface area (Å²) in [5.74, 6) is -1.32. The molecule has 0 aromatic carbocycles. The molecule has 0 fully saturated rings. The Morgan fingerprint density at radius 1 is 1.36 bits per heavy atom. The van der Waals surface area contributed by atoms with E-state index < -0.39 is 26.0 Å². The fourth-order valence-electron chi connectivity index (χ4n) is 0.327. The molecule has 0 rings (SSSR count). The second kappa shape index (κ2) is 10.3. The molecule has 0 radical (unpaired) electrons. The predicted octanol–water partition coefficient (Wildman–Crippen LogP) is -6.88. The van der Waals surface area contributed by atoms with Crippen molar-refractivity contribution in [1.29, 1.82) is 0 Å². The molecule has 0 aliphatic carbocycles. The number of hydrogen-bond acceptors (Lipinski definition) is 5. The smallest absolute Gasteiger partial charge is 0.549 e. The number of carbonyl (C=O) groups excluding carboxylic acids is 1. The Morgan fingerprint density at radius 3 is 1.82 bits per heavy atom. The molecular weight excluding hydrogens is 165 g/mol. The summed E-state index contributed by atoms with van der Waals surface area (Å²) >= 11 is 0. The van der Waals surface area contributed by atoms with Crippen molar-refractivity contribution < 1.29 is 55.1 Å². The standard InChI is InChI=1S/C4H9NO4.Na.H2O/c6-2-5(3-7)1-4(8)9;;/h6-7H,1-3H2,(H,8,9);;1H2/q;+1;/p-1. The minimum Gasteiger partial charge on any atom is -0.549 e.